The summed E-state index contributed by atoms with van der Waals surface area (Å²) in [5, 5.41) is 4.10. The van der Waals surface area contributed by atoms with Gasteiger partial charge in [-0.25, -0.2) is 9.18 Å². The minimum atomic E-state index is -0.666. The topological polar surface area (TPSA) is 61.9 Å². The van der Waals surface area contributed by atoms with Crippen molar-refractivity contribution >= 4 is 40.9 Å². The Kier molecular flexibility index (Phi) is 8.31. The van der Waals surface area contributed by atoms with Gasteiger partial charge < -0.3 is 19.9 Å². The third-order valence-electron chi connectivity index (χ3n) is 5.50. The van der Waals surface area contributed by atoms with Crippen LogP contribution in [0.4, 0.5) is 14.9 Å². The number of hydrogen-bond donors (Lipinski definition) is 1. The standard InChI is InChI=1S/C25H30Cl2FN3O3/c1-16-13-19(28)6-8-21(16)31-12-11-30(24(33)34-25(2,3)4)15-22(31)23(32)29-10-9-17-14-18(26)5-7-20(17)27/h5-8,13-14,22H,9-12,15H2,1-4H3,(H,29,32). The van der Waals surface area contributed by atoms with E-state index in [1.807, 2.05) is 4.90 Å². The fraction of sp³-hybridized carbons (Fsp3) is 0.440. The van der Waals surface area contributed by atoms with Gasteiger partial charge in [-0.15, -0.1) is 0 Å². The van der Waals surface area contributed by atoms with Crippen LogP contribution < -0.4 is 10.2 Å². The summed E-state index contributed by atoms with van der Waals surface area (Å²) in [5.74, 6) is -0.580. The molecule has 3 rings (SSSR count). The van der Waals surface area contributed by atoms with Crippen LogP contribution in [-0.2, 0) is 16.0 Å². The van der Waals surface area contributed by atoms with Crippen molar-refractivity contribution in [2.45, 2.75) is 45.8 Å². The summed E-state index contributed by atoms with van der Waals surface area (Å²) in [7, 11) is 0. The second kappa shape index (κ2) is 10.8. The van der Waals surface area contributed by atoms with Gasteiger partial charge in [-0.3, -0.25) is 4.79 Å². The van der Waals surface area contributed by atoms with Crippen LogP contribution in [0.25, 0.3) is 0 Å². The highest BCUT2D eigenvalue weighted by Crippen LogP contribution is 2.26. The molecule has 1 saturated heterocycles. The molecule has 0 spiro atoms. The Hall–Kier alpha value is -2.51. The molecule has 0 radical (unpaired) electrons. The lowest BCUT2D eigenvalue weighted by Gasteiger charge is -2.42. The Balaban J connectivity index is 1.76. The quantitative estimate of drug-likeness (QED) is 0.599. The van der Waals surface area contributed by atoms with E-state index in [2.05, 4.69) is 5.32 Å². The van der Waals surface area contributed by atoms with Crippen LogP contribution in [0.1, 0.15) is 31.9 Å². The van der Waals surface area contributed by atoms with E-state index in [-0.39, 0.29) is 18.3 Å². The van der Waals surface area contributed by atoms with E-state index in [0.29, 0.717) is 41.7 Å². The first-order valence-corrected chi connectivity index (χ1v) is 11.9. The van der Waals surface area contributed by atoms with Gasteiger partial charge in [0.05, 0.1) is 6.54 Å². The van der Waals surface area contributed by atoms with Crippen LogP contribution in [0.5, 0.6) is 0 Å². The van der Waals surface area contributed by atoms with Crippen molar-refractivity contribution in [3.63, 3.8) is 0 Å². The first kappa shape index (κ1) is 26.1. The van der Waals surface area contributed by atoms with Gasteiger partial charge in [0.25, 0.3) is 0 Å². The summed E-state index contributed by atoms with van der Waals surface area (Å²) in [4.78, 5) is 29.4. The normalized spacial score (nSPS) is 16.4. The SMILES string of the molecule is Cc1cc(F)ccc1N1CCN(C(=O)OC(C)(C)C)CC1C(=O)NCCc1cc(Cl)ccc1Cl. The van der Waals surface area contributed by atoms with E-state index < -0.39 is 17.7 Å². The lowest BCUT2D eigenvalue weighted by molar-refractivity contribution is -0.123. The third-order valence-corrected chi connectivity index (χ3v) is 6.11. The monoisotopic (exact) mass is 509 g/mol. The Morgan fingerprint density at radius 2 is 1.88 bits per heavy atom. The smallest absolute Gasteiger partial charge is 0.410 e. The molecule has 2 amide bonds. The maximum Gasteiger partial charge on any atom is 0.410 e. The molecule has 0 bridgehead atoms. The number of piperazine rings is 1. The van der Waals surface area contributed by atoms with Crippen LogP contribution in [0.15, 0.2) is 36.4 Å². The largest absolute Gasteiger partial charge is 0.444 e. The molecule has 184 valence electrons. The van der Waals surface area contributed by atoms with E-state index in [1.165, 1.54) is 12.1 Å². The fourth-order valence-electron chi connectivity index (χ4n) is 3.90. The van der Waals surface area contributed by atoms with Crippen molar-refractivity contribution in [2.75, 3.05) is 31.1 Å². The van der Waals surface area contributed by atoms with Crippen molar-refractivity contribution in [1.82, 2.24) is 10.2 Å². The number of nitrogens with one attached hydrogen (secondary N) is 1. The highest BCUT2D eigenvalue weighted by atomic mass is 35.5. The molecule has 1 heterocycles. The van der Waals surface area contributed by atoms with Crippen molar-refractivity contribution in [3.05, 3.63) is 63.4 Å². The predicted molar refractivity (Wildman–Crippen MR) is 133 cm³/mol. The van der Waals surface area contributed by atoms with Gasteiger partial charge >= 0.3 is 6.09 Å². The van der Waals surface area contributed by atoms with Gasteiger partial charge in [0.2, 0.25) is 5.91 Å². The minimum absolute atomic E-state index is 0.148. The number of anilines is 1. The molecule has 34 heavy (non-hydrogen) atoms. The van der Waals surface area contributed by atoms with Gasteiger partial charge in [-0.05, 0) is 81.6 Å². The number of halogens is 3. The molecule has 1 aliphatic heterocycles. The van der Waals surface area contributed by atoms with E-state index in [4.69, 9.17) is 27.9 Å². The molecule has 0 saturated carbocycles. The maximum atomic E-state index is 13.7. The van der Waals surface area contributed by atoms with E-state index >= 15 is 0 Å². The fourth-order valence-corrected chi connectivity index (χ4v) is 4.31. The zero-order valence-corrected chi connectivity index (χ0v) is 21.3. The molecule has 1 unspecified atom stereocenters. The highest BCUT2D eigenvalue weighted by Gasteiger charge is 2.36. The first-order valence-electron chi connectivity index (χ1n) is 11.2. The molecule has 2 aromatic carbocycles. The van der Waals surface area contributed by atoms with Gasteiger partial charge in [0, 0.05) is 35.4 Å². The molecule has 1 N–H and O–H groups in total. The van der Waals surface area contributed by atoms with Crippen molar-refractivity contribution < 1.29 is 18.7 Å². The van der Waals surface area contributed by atoms with Crippen LogP contribution in [0.3, 0.4) is 0 Å². The number of aryl methyl sites for hydroxylation is 1. The van der Waals surface area contributed by atoms with Crippen molar-refractivity contribution in [1.29, 1.82) is 0 Å². The second-order valence-corrected chi connectivity index (χ2v) is 10.2. The average molecular weight is 510 g/mol. The van der Waals surface area contributed by atoms with Crippen LogP contribution in [-0.4, -0.2) is 54.7 Å². The number of rotatable bonds is 5. The van der Waals surface area contributed by atoms with Gasteiger partial charge in [-0.2, -0.15) is 0 Å². The summed E-state index contributed by atoms with van der Waals surface area (Å²) < 4.78 is 19.2. The third kappa shape index (κ3) is 6.76. The number of nitrogens with zero attached hydrogens (tertiary/aromatic N) is 2. The number of amides is 2. The molecule has 1 atom stereocenters. The summed E-state index contributed by atoms with van der Waals surface area (Å²) in [5.41, 5.74) is 1.66. The van der Waals surface area contributed by atoms with E-state index in [0.717, 1.165) is 11.3 Å². The Labute approximate surface area is 210 Å². The number of benzene rings is 2. The Bertz CT molecular complexity index is 1060. The highest BCUT2D eigenvalue weighted by molar-refractivity contribution is 6.33. The molecule has 9 heteroatoms. The first-order chi connectivity index (χ1) is 15.9. The summed E-state index contributed by atoms with van der Waals surface area (Å²) >= 11 is 12.3. The zero-order valence-electron chi connectivity index (χ0n) is 19.8. The molecule has 0 aliphatic carbocycles. The summed E-state index contributed by atoms with van der Waals surface area (Å²) in [6.45, 7) is 8.48. The summed E-state index contributed by atoms with van der Waals surface area (Å²) in [6.07, 6.45) is 0.0370. The van der Waals surface area contributed by atoms with Crippen molar-refractivity contribution in [3.8, 4) is 0 Å². The van der Waals surface area contributed by atoms with Gasteiger partial charge in [-0.1, -0.05) is 23.2 Å². The Morgan fingerprint density at radius 1 is 1.15 bits per heavy atom. The molecular weight excluding hydrogens is 480 g/mol. The predicted octanol–water partition coefficient (Wildman–Crippen LogP) is 5.23. The van der Waals surface area contributed by atoms with E-state index in [9.17, 15) is 14.0 Å². The number of carbonyl (C=O) groups excluding carboxylic acids is 2. The molecule has 1 fully saturated rings. The number of carbonyl (C=O) groups is 2. The van der Waals surface area contributed by atoms with Crippen molar-refractivity contribution in [2.24, 2.45) is 0 Å². The molecular formula is C25H30Cl2FN3O3. The minimum Gasteiger partial charge on any atom is -0.444 e. The second-order valence-electron chi connectivity index (χ2n) is 9.34. The van der Waals surface area contributed by atoms with E-state index in [1.54, 1.807) is 56.9 Å². The lowest BCUT2D eigenvalue weighted by Crippen LogP contribution is -2.61. The molecule has 2 aromatic rings. The van der Waals surface area contributed by atoms with Gasteiger partial charge in [0.15, 0.2) is 0 Å². The molecule has 1 aliphatic rings. The maximum absolute atomic E-state index is 13.7. The molecule has 0 aromatic heterocycles. The number of hydrogen-bond acceptors (Lipinski definition) is 4. The zero-order chi connectivity index (χ0) is 25.0. The molecule has 6 nitrogen and oxygen atoms in total. The van der Waals surface area contributed by atoms with Crippen LogP contribution >= 0.6 is 23.2 Å². The Morgan fingerprint density at radius 3 is 2.56 bits per heavy atom. The van der Waals surface area contributed by atoms with Crippen LogP contribution in [0.2, 0.25) is 10.0 Å². The van der Waals surface area contributed by atoms with Gasteiger partial charge in [0.1, 0.15) is 17.5 Å². The number of ether oxygens (including phenoxy) is 1. The lowest BCUT2D eigenvalue weighted by atomic mass is 10.1. The summed E-state index contributed by atoms with van der Waals surface area (Å²) in [6, 6.07) is 9.02. The average Bonchev–Trinajstić information content (AvgIpc) is 2.74. The van der Waals surface area contributed by atoms with Crippen LogP contribution in [0, 0.1) is 12.7 Å².